The number of aromatic nitrogens is 4. The third-order valence-electron chi connectivity index (χ3n) is 6.43. The first-order valence-electron chi connectivity index (χ1n) is 11.2. The predicted molar refractivity (Wildman–Crippen MR) is 126 cm³/mol. The van der Waals surface area contributed by atoms with Crippen molar-refractivity contribution in [1.82, 2.24) is 19.1 Å². The van der Waals surface area contributed by atoms with Gasteiger partial charge in [-0.1, -0.05) is 19.6 Å². The van der Waals surface area contributed by atoms with Crippen molar-refractivity contribution in [2.45, 2.75) is 64.1 Å². The van der Waals surface area contributed by atoms with E-state index in [1.807, 2.05) is 16.8 Å². The number of nitrogens with one attached hydrogen (secondary N) is 1. The fourth-order valence-electron chi connectivity index (χ4n) is 4.51. The van der Waals surface area contributed by atoms with E-state index in [4.69, 9.17) is 10.5 Å². The minimum Gasteiger partial charge on any atom is -0.361 e. The second kappa shape index (κ2) is 8.72. The summed E-state index contributed by atoms with van der Waals surface area (Å²) in [6.45, 7) is 8.79. The van der Waals surface area contributed by atoms with Crippen LogP contribution in [0.15, 0.2) is 28.0 Å². The third kappa shape index (κ3) is 4.53. The van der Waals surface area contributed by atoms with Crippen LogP contribution in [0.3, 0.4) is 0 Å². The van der Waals surface area contributed by atoms with Crippen LogP contribution in [-0.2, 0) is 11.5 Å². The molecule has 168 valence electrons. The Balaban J connectivity index is 1.72. The molecule has 1 aliphatic rings. The molecule has 0 radical (unpaired) electrons. The van der Waals surface area contributed by atoms with Crippen LogP contribution < -0.4 is 17.0 Å². The number of hydrogen-bond donors (Lipinski definition) is 2. The molecule has 1 fully saturated rings. The molecule has 3 aromatic rings. The van der Waals surface area contributed by atoms with Gasteiger partial charge in [-0.3, -0.25) is 14.3 Å². The Morgan fingerprint density at radius 3 is 2.61 bits per heavy atom. The molecule has 0 saturated heterocycles. The molecule has 0 spiro atoms. The Hall–Kier alpha value is -2.23. The average molecular weight is 444 g/mol. The van der Waals surface area contributed by atoms with Gasteiger partial charge in [-0.25, -0.2) is 9.78 Å². The minimum atomic E-state index is -1.15. The summed E-state index contributed by atoms with van der Waals surface area (Å²) >= 11 is 0. The maximum atomic E-state index is 12.9. The first kappa shape index (κ1) is 22.0. The second-order valence-electron chi connectivity index (χ2n) is 9.93. The second-order valence-corrected chi connectivity index (χ2v) is 15.6. The van der Waals surface area contributed by atoms with Crippen molar-refractivity contribution in [2.24, 2.45) is 11.7 Å². The first-order chi connectivity index (χ1) is 14.8. The molecule has 0 aromatic carbocycles. The number of ether oxygens (including phenoxy) is 1. The first-order valence-corrected chi connectivity index (χ1v) is 14.9. The van der Waals surface area contributed by atoms with Crippen LogP contribution in [0.4, 0.5) is 0 Å². The van der Waals surface area contributed by atoms with Gasteiger partial charge in [0, 0.05) is 38.5 Å². The van der Waals surface area contributed by atoms with Crippen LogP contribution >= 0.6 is 0 Å². The van der Waals surface area contributed by atoms with Crippen LogP contribution in [0.1, 0.15) is 31.7 Å². The van der Waals surface area contributed by atoms with Gasteiger partial charge >= 0.3 is 5.69 Å². The highest BCUT2D eigenvalue weighted by Crippen LogP contribution is 2.33. The Bertz CT molecular complexity index is 1180. The summed E-state index contributed by atoms with van der Waals surface area (Å²) in [5.74, 6) is 0.511. The molecule has 0 bridgehead atoms. The molecular weight excluding hydrogens is 410 g/mol. The Labute approximate surface area is 182 Å². The molecule has 0 aliphatic heterocycles. The number of rotatable bonds is 7. The zero-order chi connectivity index (χ0) is 22.2. The topological polar surface area (TPSA) is 108 Å². The van der Waals surface area contributed by atoms with Gasteiger partial charge in [0.05, 0.1) is 10.9 Å². The summed E-state index contributed by atoms with van der Waals surface area (Å²) in [5, 5.41) is 1.26. The molecule has 0 atom stereocenters. The smallest absolute Gasteiger partial charge is 0.329 e. The van der Waals surface area contributed by atoms with E-state index in [0.717, 1.165) is 49.4 Å². The fourth-order valence-corrected chi connectivity index (χ4v) is 5.27. The van der Waals surface area contributed by atoms with Gasteiger partial charge < -0.3 is 15.0 Å². The van der Waals surface area contributed by atoms with E-state index in [2.05, 4.69) is 29.6 Å². The normalized spacial score (nSPS) is 20.0. The molecule has 0 amide bonds. The highest BCUT2D eigenvalue weighted by Gasteiger charge is 2.25. The standard InChI is InChI=1S/C22H33N5O3Si/c1-31(2,3)11-10-30-14-26-9-8-17-19-18(13-24-20(17)26)21(28)25-22(29)27(19)16-6-4-15(12-23)5-7-16/h8-9,13,15-16H,4-7,10-12,14,23H2,1-3H3,(H,25,28,29)/t15-,16-. The SMILES string of the molecule is C[Si](C)(C)CCOCn1ccc2c1ncc1c(=O)[nH]c(=O)n([C@H]3CC[C@H](CN)CC3)c12. The lowest BCUT2D eigenvalue weighted by Gasteiger charge is -2.29. The minimum absolute atomic E-state index is 0.0524. The number of fused-ring (bicyclic) bond motifs is 3. The zero-order valence-corrected chi connectivity index (χ0v) is 19.7. The van der Waals surface area contributed by atoms with E-state index in [9.17, 15) is 9.59 Å². The van der Waals surface area contributed by atoms with Crippen molar-refractivity contribution in [1.29, 1.82) is 0 Å². The number of H-pyrrole nitrogens is 1. The molecule has 31 heavy (non-hydrogen) atoms. The highest BCUT2D eigenvalue weighted by molar-refractivity contribution is 6.76. The maximum Gasteiger partial charge on any atom is 0.329 e. The Morgan fingerprint density at radius 2 is 1.94 bits per heavy atom. The Kier molecular flexibility index (Phi) is 6.18. The number of pyridine rings is 1. The van der Waals surface area contributed by atoms with Gasteiger partial charge in [-0.15, -0.1) is 0 Å². The molecule has 4 rings (SSSR count). The van der Waals surface area contributed by atoms with Crippen molar-refractivity contribution in [3.8, 4) is 0 Å². The van der Waals surface area contributed by atoms with Gasteiger partial charge in [0.1, 0.15) is 12.4 Å². The Morgan fingerprint density at radius 1 is 1.19 bits per heavy atom. The summed E-state index contributed by atoms with van der Waals surface area (Å²) < 4.78 is 9.63. The lowest BCUT2D eigenvalue weighted by Crippen LogP contribution is -2.35. The number of nitrogens with two attached hydrogens (primary N) is 1. The molecule has 1 saturated carbocycles. The number of aromatic amines is 1. The van der Waals surface area contributed by atoms with Crippen LogP contribution in [0.25, 0.3) is 21.9 Å². The molecule has 3 N–H and O–H groups in total. The summed E-state index contributed by atoms with van der Waals surface area (Å²) in [7, 11) is -1.15. The predicted octanol–water partition coefficient (Wildman–Crippen LogP) is 3.04. The molecule has 3 heterocycles. The number of nitrogens with zero attached hydrogens (tertiary/aromatic N) is 3. The third-order valence-corrected chi connectivity index (χ3v) is 8.13. The van der Waals surface area contributed by atoms with Crippen molar-refractivity contribution >= 4 is 30.0 Å². The highest BCUT2D eigenvalue weighted by atomic mass is 28.3. The van der Waals surface area contributed by atoms with Gasteiger partial charge in [0.2, 0.25) is 0 Å². The van der Waals surface area contributed by atoms with Gasteiger partial charge in [0.15, 0.2) is 0 Å². The van der Waals surface area contributed by atoms with E-state index >= 15 is 0 Å². The van der Waals surface area contributed by atoms with Crippen molar-refractivity contribution in [3.63, 3.8) is 0 Å². The summed E-state index contributed by atoms with van der Waals surface area (Å²) in [6.07, 6.45) is 7.26. The zero-order valence-electron chi connectivity index (χ0n) is 18.7. The largest absolute Gasteiger partial charge is 0.361 e. The van der Waals surface area contributed by atoms with Crippen LogP contribution in [0, 0.1) is 5.92 Å². The molecule has 3 aromatic heterocycles. The molecule has 8 nitrogen and oxygen atoms in total. The van der Waals surface area contributed by atoms with Gasteiger partial charge in [-0.05, 0) is 50.3 Å². The average Bonchev–Trinajstić information content (AvgIpc) is 3.14. The van der Waals surface area contributed by atoms with Crippen LogP contribution in [0.5, 0.6) is 0 Å². The van der Waals surface area contributed by atoms with Crippen molar-refractivity contribution in [2.75, 3.05) is 13.2 Å². The summed E-state index contributed by atoms with van der Waals surface area (Å²) in [4.78, 5) is 32.5. The van der Waals surface area contributed by atoms with E-state index in [1.165, 1.54) is 0 Å². The van der Waals surface area contributed by atoms with E-state index in [1.54, 1.807) is 10.8 Å². The summed E-state index contributed by atoms with van der Waals surface area (Å²) in [5.41, 5.74) is 6.51. The van der Waals surface area contributed by atoms with E-state index < -0.39 is 8.07 Å². The number of hydrogen-bond acceptors (Lipinski definition) is 5. The lowest BCUT2D eigenvalue weighted by atomic mass is 9.86. The maximum absolute atomic E-state index is 12.9. The monoisotopic (exact) mass is 443 g/mol. The molecule has 9 heteroatoms. The molecular formula is C22H33N5O3Si. The fraction of sp³-hybridized carbons (Fsp3) is 0.591. The van der Waals surface area contributed by atoms with Crippen LogP contribution in [-0.4, -0.2) is 40.3 Å². The van der Waals surface area contributed by atoms with Crippen molar-refractivity contribution in [3.05, 3.63) is 39.3 Å². The van der Waals surface area contributed by atoms with E-state index in [-0.39, 0.29) is 17.3 Å². The summed E-state index contributed by atoms with van der Waals surface area (Å²) in [6, 6.07) is 3.09. The quantitative estimate of drug-likeness (QED) is 0.431. The van der Waals surface area contributed by atoms with Gasteiger partial charge in [-0.2, -0.15) is 0 Å². The van der Waals surface area contributed by atoms with Crippen molar-refractivity contribution < 1.29 is 4.74 Å². The lowest BCUT2D eigenvalue weighted by molar-refractivity contribution is 0.0899. The van der Waals surface area contributed by atoms with Gasteiger partial charge in [0.25, 0.3) is 5.56 Å². The molecule has 1 aliphatic carbocycles. The molecule has 0 unspecified atom stereocenters. The van der Waals surface area contributed by atoms with E-state index in [0.29, 0.717) is 30.1 Å². The van der Waals surface area contributed by atoms with Crippen LogP contribution in [0.2, 0.25) is 25.7 Å².